The van der Waals surface area contributed by atoms with Crippen molar-refractivity contribution in [2.24, 2.45) is 5.92 Å². The summed E-state index contributed by atoms with van der Waals surface area (Å²) in [4.78, 5) is 17.9. The van der Waals surface area contributed by atoms with E-state index in [1.54, 1.807) is 0 Å². The van der Waals surface area contributed by atoms with Gasteiger partial charge in [-0.25, -0.2) is 0 Å². The van der Waals surface area contributed by atoms with Gasteiger partial charge in [0.2, 0.25) is 5.91 Å². The third-order valence-corrected chi connectivity index (χ3v) is 6.77. The first kappa shape index (κ1) is 21.1. The molecule has 1 atom stereocenters. The zero-order valence-electron chi connectivity index (χ0n) is 18.3. The van der Waals surface area contributed by atoms with E-state index in [9.17, 15) is 4.79 Å². The minimum absolute atomic E-state index is 0.114. The van der Waals surface area contributed by atoms with Crippen LogP contribution in [-0.4, -0.2) is 72.1 Å². The van der Waals surface area contributed by atoms with Gasteiger partial charge in [0.25, 0.3) is 0 Å². The van der Waals surface area contributed by atoms with Gasteiger partial charge in [-0.2, -0.15) is 0 Å². The van der Waals surface area contributed by atoms with E-state index in [-0.39, 0.29) is 17.0 Å². The molecular weight excluding hydrogens is 336 g/mol. The Hall–Kier alpha value is -0.650. The van der Waals surface area contributed by atoms with Crippen LogP contribution in [0.15, 0.2) is 0 Å². The van der Waals surface area contributed by atoms with Crippen molar-refractivity contribution in [2.75, 3.05) is 33.2 Å². The van der Waals surface area contributed by atoms with E-state index in [1.165, 1.54) is 38.9 Å². The van der Waals surface area contributed by atoms with E-state index >= 15 is 0 Å². The van der Waals surface area contributed by atoms with E-state index < -0.39 is 0 Å². The predicted molar refractivity (Wildman–Crippen MR) is 112 cm³/mol. The highest BCUT2D eigenvalue weighted by Crippen LogP contribution is 2.34. The van der Waals surface area contributed by atoms with Crippen molar-refractivity contribution in [3.63, 3.8) is 0 Å². The molecule has 3 aliphatic rings. The molecule has 5 heteroatoms. The molecule has 27 heavy (non-hydrogen) atoms. The molecule has 0 bridgehead atoms. The average molecular weight is 379 g/mol. The lowest BCUT2D eigenvalue weighted by atomic mass is 9.74. The Balaban J connectivity index is 1.47. The van der Waals surface area contributed by atoms with Crippen LogP contribution in [0.1, 0.15) is 72.6 Å². The van der Waals surface area contributed by atoms with Crippen LogP contribution in [-0.2, 0) is 4.79 Å². The Kier molecular flexibility index (Phi) is 6.54. The van der Waals surface area contributed by atoms with Crippen LogP contribution in [0.4, 0.5) is 0 Å². The summed E-state index contributed by atoms with van der Waals surface area (Å²) in [5.41, 5.74) is 0.227. The molecule has 3 aliphatic heterocycles. The molecular formula is C22H42N4O. The SMILES string of the molecule is CN1CCC(N2CCC[C@H](NC(=O)CC3CC(C)(C)NC(C)(C)C3)C2)CC1. The summed E-state index contributed by atoms with van der Waals surface area (Å²) in [5, 5.41) is 7.11. The van der Waals surface area contributed by atoms with E-state index in [2.05, 4.69) is 55.2 Å². The topological polar surface area (TPSA) is 47.6 Å². The number of carbonyl (C=O) groups excluding carboxylic acids is 1. The Morgan fingerprint density at radius 2 is 1.67 bits per heavy atom. The van der Waals surface area contributed by atoms with Crippen LogP contribution in [0.2, 0.25) is 0 Å². The summed E-state index contributed by atoms with van der Waals surface area (Å²) in [5.74, 6) is 0.744. The fourth-order valence-electron chi connectivity index (χ4n) is 6.04. The number of nitrogens with one attached hydrogen (secondary N) is 2. The molecule has 5 nitrogen and oxygen atoms in total. The number of piperidine rings is 3. The number of rotatable bonds is 4. The number of likely N-dealkylation sites (tertiary alicyclic amines) is 2. The zero-order chi connectivity index (χ0) is 19.7. The average Bonchev–Trinajstić information content (AvgIpc) is 2.52. The van der Waals surface area contributed by atoms with Gasteiger partial charge in [-0.05, 0) is 98.8 Å². The van der Waals surface area contributed by atoms with Crippen LogP contribution in [0.3, 0.4) is 0 Å². The molecule has 3 fully saturated rings. The second-order valence-corrected chi connectivity index (χ2v) is 10.8. The van der Waals surface area contributed by atoms with E-state index in [0.717, 1.165) is 25.8 Å². The maximum absolute atomic E-state index is 12.8. The standard InChI is InChI=1S/C22H42N4O/c1-21(2)14-17(15-22(3,4)24-21)13-20(27)23-18-7-6-10-26(16-18)19-8-11-25(5)12-9-19/h17-19,24H,6-16H2,1-5H3,(H,23,27)/t18-/m0/s1. The summed E-state index contributed by atoms with van der Waals surface area (Å²) < 4.78 is 0. The first-order valence-corrected chi connectivity index (χ1v) is 11.1. The van der Waals surface area contributed by atoms with Gasteiger partial charge in [-0.15, -0.1) is 0 Å². The first-order valence-electron chi connectivity index (χ1n) is 11.1. The number of hydrogen-bond acceptors (Lipinski definition) is 4. The molecule has 3 rings (SSSR count). The Morgan fingerprint density at radius 1 is 1.04 bits per heavy atom. The van der Waals surface area contributed by atoms with Crippen molar-refractivity contribution < 1.29 is 4.79 Å². The van der Waals surface area contributed by atoms with Crippen molar-refractivity contribution in [1.29, 1.82) is 0 Å². The molecule has 0 aliphatic carbocycles. The van der Waals surface area contributed by atoms with Crippen molar-refractivity contribution in [3.8, 4) is 0 Å². The van der Waals surface area contributed by atoms with Gasteiger partial charge in [0.05, 0.1) is 0 Å². The van der Waals surface area contributed by atoms with Crippen molar-refractivity contribution in [2.45, 2.75) is 95.8 Å². The number of carbonyl (C=O) groups is 1. The fourth-order valence-corrected chi connectivity index (χ4v) is 6.04. The lowest BCUT2D eigenvalue weighted by Crippen LogP contribution is -2.58. The van der Waals surface area contributed by atoms with Gasteiger partial charge in [0, 0.05) is 36.1 Å². The largest absolute Gasteiger partial charge is 0.352 e. The zero-order valence-corrected chi connectivity index (χ0v) is 18.3. The lowest BCUT2D eigenvalue weighted by Gasteiger charge is -2.46. The molecule has 0 unspecified atom stereocenters. The highest BCUT2D eigenvalue weighted by Gasteiger charge is 2.38. The van der Waals surface area contributed by atoms with Crippen LogP contribution in [0.25, 0.3) is 0 Å². The van der Waals surface area contributed by atoms with Gasteiger partial charge in [0.1, 0.15) is 0 Å². The smallest absolute Gasteiger partial charge is 0.220 e. The maximum atomic E-state index is 12.8. The molecule has 0 aromatic rings. The fraction of sp³-hybridized carbons (Fsp3) is 0.955. The third kappa shape index (κ3) is 6.16. The minimum atomic E-state index is 0.114. The Morgan fingerprint density at radius 3 is 2.30 bits per heavy atom. The van der Waals surface area contributed by atoms with Gasteiger partial charge in [0.15, 0.2) is 0 Å². The molecule has 1 amide bonds. The minimum Gasteiger partial charge on any atom is -0.352 e. The Labute approximate surface area is 166 Å². The highest BCUT2D eigenvalue weighted by molar-refractivity contribution is 5.76. The molecule has 3 saturated heterocycles. The van der Waals surface area contributed by atoms with Crippen LogP contribution in [0.5, 0.6) is 0 Å². The predicted octanol–water partition coefficient (Wildman–Crippen LogP) is 2.61. The monoisotopic (exact) mass is 378 g/mol. The van der Waals surface area contributed by atoms with E-state index in [4.69, 9.17) is 0 Å². The van der Waals surface area contributed by atoms with E-state index in [0.29, 0.717) is 24.4 Å². The van der Waals surface area contributed by atoms with Crippen molar-refractivity contribution in [1.82, 2.24) is 20.4 Å². The van der Waals surface area contributed by atoms with E-state index in [1.807, 2.05) is 0 Å². The molecule has 0 aromatic carbocycles. The maximum Gasteiger partial charge on any atom is 0.220 e. The number of hydrogen-bond donors (Lipinski definition) is 2. The second kappa shape index (κ2) is 8.38. The summed E-state index contributed by atoms with van der Waals surface area (Å²) in [7, 11) is 2.22. The molecule has 156 valence electrons. The molecule has 0 spiro atoms. The quantitative estimate of drug-likeness (QED) is 0.789. The van der Waals surface area contributed by atoms with Crippen molar-refractivity contribution >= 4 is 5.91 Å². The summed E-state index contributed by atoms with van der Waals surface area (Å²) in [6, 6.07) is 1.06. The van der Waals surface area contributed by atoms with Crippen molar-refractivity contribution in [3.05, 3.63) is 0 Å². The Bertz CT molecular complexity index is 494. The summed E-state index contributed by atoms with van der Waals surface area (Å²) in [6.07, 6.45) is 7.74. The van der Waals surface area contributed by atoms with Gasteiger partial charge < -0.3 is 15.5 Å². The number of amides is 1. The first-order chi connectivity index (χ1) is 12.6. The van der Waals surface area contributed by atoms with Gasteiger partial charge in [-0.1, -0.05) is 0 Å². The van der Waals surface area contributed by atoms with Crippen LogP contribution >= 0.6 is 0 Å². The van der Waals surface area contributed by atoms with Crippen LogP contribution < -0.4 is 10.6 Å². The summed E-state index contributed by atoms with van der Waals surface area (Å²) >= 11 is 0. The lowest BCUT2D eigenvalue weighted by molar-refractivity contribution is -0.123. The normalized spacial score (nSPS) is 30.9. The molecule has 0 aromatic heterocycles. The second-order valence-electron chi connectivity index (χ2n) is 10.8. The molecule has 0 radical (unpaired) electrons. The van der Waals surface area contributed by atoms with Gasteiger partial charge in [-0.3, -0.25) is 9.69 Å². The number of nitrogens with zero attached hydrogens (tertiary/aromatic N) is 2. The molecule has 2 N–H and O–H groups in total. The molecule has 3 heterocycles. The molecule has 0 saturated carbocycles. The van der Waals surface area contributed by atoms with Gasteiger partial charge >= 0.3 is 0 Å². The highest BCUT2D eigenvalue weighted by atomic mass is 16.1. The third-order valence-electron chi connectivity index (χ3n) is 6.77. The summed E-state index contributed by atoms with van der Waals surface area (Å²) in [6.45, 7) is 13.7. The van der Waals surface area contributed by atoms with Crippen LogP contribution in [0, 0.1) is 5.92 Å².